The Hall–Kier alpha value is -2.48. The fourth-order valence-electron chi connectivity index (χ4n) is 3.12. The first kappa shape index (κ1) is 21.8. The van der Waals surface area contributed by atoms with Crippen molar-refractivity contribution in [1.82, 2.24) is 10.6 Å². The predicted octanol–water partition coefficient (Wildman–Crippen LogP) is 0.746. The van der Waals surface area contributed by atoms with Crippen molar-refractivity contribution in [1.29, 1.82) is 0 Å². The van der Waals surface area contributed by atoms with Crippen molar-refractivity contribution in [2.24, 2.45) is 17.6 Å². The van der Waals surface area contributed by atoms with Gasteiger partial charge in [-0.2, -0.15) is 0 Å². The van der Waals surface area contributed by atoms with E-state index < -0.39 is 6.04 Å². The van der Waals surface area contributed by atoms with Crippen LogP contribution in [-0.2, 0) is 9.59 Å². The molecule has 0 saturated carbocycles. The van der Waals surface area contributed by atoms with E-state index in [0.717, 1.165) is 36.7 Å². The number of anilines is 1. The summed E-state index contributed by atoms with van der Waals surface area (Å²) < 4.78 is 10.7. The third-order valence-corrected chi connectivity index (χ3v) is 5.02. The standard InChI is InChI=1S/C20H32N4O4/c1-13(2)19(21)20(26)23-11-18(25)22-10-14-5-6-24(12-14)15-7-16(27-3)9-17(8-15)28-4/h7-9,13-14,19H,5-6,10-12,21H2,1-4H3,(H,22,25)(H,23,26)/t14?,19-/m0/s1. The van der Waals surface area contributed by atoms with Crippen LogP contribution in [0.15, 0.2) is 18.2 Å². The SMILES string of the molecule is COc1cc(OC)cc(N2CCC(CNC(=O)CNC(=O)[C@@H](N)C(C)C)C2)c1. The summed E-state index contributed by atoms with van der Waals surface area (Å²) in [6.07, 6.45) is 0.977. The lowest BCUT2D eigenvalue weighted by molar-refractivity contribution is -0.127. The van der Waals surface area contributed by atoms with Crippen molar-refractivity contribution in [3.05, 3.63) is 18.2 Å². The van der Waals surface area contributed by atoms with E-state index in [0.29, 0.717) is 12.5 Å². The van der Waals surface area contributed by atoms with Crippen LogP contribution < -0.4 is 30.7 Å². The topological polar surface area (TPSA) is 106 Å². The Balaban J connectivity index is 1.79. The van der Waals surface area contributed by atoms with Crippen molar-refractivity contribution in [2.45, 2.75) is 26.3 Å². The lowest BCUT2D eigenvalue weighted by atomic mass is 10.1. The number of nitrogens with zero attached hydrogens (tertiary/aromatic N) is 1. The number of nitrogens with two attached hydrogens (primary N) is 1. The molecule has 0 radical (unpaired) electrons. The highest BCUT2D eigenvalue weighted by Gasteiger charge is 2.24. The minimum absolute atomic E-state index is 0.0303. The fourth-order valence-corrected chi connectivity index (χ4v) is 3.12. The Morgan fingerprint density at radius 3 is 2.39 bits per heavy atom. The van der Waals surface area contributed by atoms with Crippen LogP contribution in [0.1, 0.15) is 20.3 Å². The molecule has 0 aromatic heterocycles. The van der Waals surface area contributed by atoms with E-state index in [4.69, 9.17) is 15.2 Å². The Morgan fingerprint density at radius 2 is 1.82 bits per heavy atom. The van der Waals surface area contributed by atoms with Gasteiger partial charge in [-0.05, 0) is 18.3 Å². The highest BCUT2D eigenvalue weighted by atomic mass is 16.5. The molecule has 4 N–H and O–H groups in total. The maximum absolute atomic E-state index is 12.0. The molecular weight excluding hydrogens is 360 g/mol. The third-order valence-electron chi connectivity index (χ3n) is 5.02. The number of nitrogens with one attached hydrogen (secondary N) is 2. The number of carbonyl (C=O) groups excluding carboxylic acids is 2. The largest absolute Gasteiger partial charge is 0.497 e. The van der Waals surface area contributed by atoms with E-state index in [-0.39, 0.29) is 24.3 Å². The highest BCUT2D eigenvalue weighted by Crippen LogP contribution is 2.31. The minimum atomic E-state index is -0.601. The van der Waals surface area contributed by atoms with E-state index in [2.05, 4.69) is 15.5 Å². The van der Waals surface area contributed by atoms with Gasteiger partial charge in [0.15, 0.2) is 0 Å². The molecule has 1 fully saturated rings. The van der Waals surface area contributed by atoms with E-state index in [9.17, 15) is 9.59 Å². The van der Waals surface area contributed by atoms with Crippen LogP contribution in [0.3, 0.4) is 0 Å². The van der Waals surface area contributed by atoms with Gasteiger partial charge < -0.3 is 30.7 Å². The Bertz CT molecular complexity index is 658. The van der Waals surface area contributed by atoms with Gasteiger partial charge >= 0.3 is 0 Å². The molecule has 2 rings (SSSR count). The average molecular weight is 393 g/mol. The summed E-state index contributed by atoms with van der Waals surface area (Å²) in [6.45, 7) is 5.99. The molecule has 1 aliphatic rings. The molecule has 1 aliphatic heterocycles. The molecule has 0 bridgehead atoms. The quantitative estimate of drug-likeness (QED) is 0.573. The molecule has 28 heavy (non-hydrogen) atoms. The third kappa shape index (κ3) is 6.02. The van der Waals surface area contributed by atoms with Crippen molar-refractivity contribution in [2.75, 3.05) is 45.3 Å². The van der Waals surface area contributed by atoms with Crippen LogP contribution >= 0.6 is 0 Å². The smallest absolute Gasteiger partial charge is 0.239 e. The molecule has 1 aromatic rings. The summed E-state index contributed by atoms with van der Waals surface area (Å²) in [6, 6.07) is 5.21. The van der Waals surface area contributed by atoms with E-state index in [1.165, 1.54) is 0 Å². The first-order valence-corrected chi connectivity index (χ1v) is 9.62. The normalized spacial score (nSPS) is 17.4. The van der Waals surface area contributed by atoms with E-state index in [1.807, 2.05) is 32.0 Å². The molecule has 2 amide bonds. The van der Waals surface area contributed by atoms with Crippen molar-refractivity contribution in [3.8, 4) is 11.5 Å². The number of ether oxygens (including phenoxy) is 2. The number of hydrogen-bond donors (Lipinski definition) is 3. The second kappa shape index (κ2) is 10.2. The summed E-state index contributed by atoms with van der Waals surface area (Å²) >= 11 is 0. The fraction of sp³-hybridized carbons (Fsp3) is 0.600. The van der Waals surface area contributed by atoms with Gasteiger partial charge in [-0.15, -0.1) is 0 Å². The maximum Gasteiger partial charge on any atom is 0.239 e. The molecule has 0 aliphatic carbocycles. The van der Waals surface area contributed by atoms with Gasteiger partial charge in [0, 0.05) is 43.5 Å². The predicted molar refractivity (Wildman–Crippen MR) is 109 cm³/mol. The second-order valence-electron chi connectivity index (χ2n) is 7.46. The lowest BCUT2D eigenvalue weighted by Gasteiger charge is -2.20. The number of carbonyl (C=O) groups is 2. The second-order valence-corrected chi connectivity index (χ2v) is 7.46. The minimum Gasteiger partial charge on any atom is -0.497 e. The first-order valence-electron chi connectivity index (χ1n) is 9.62. The summed E-state index contributed by atoms with van der Waals surface area (Å²) in [5.41, 5.74) is 6.81. The number of amides is 2. The molecule has 8 nitrogen and oxygen atoms in total. The molecule has 156 valence electrons. The first-order chi connectivity index (χ1) is 13.3. The maximum atomic E-state index is 12.0. The van der Waals surface area contributed by atoms with Crippen LogP contribution in [0.5, 0.6) is 11.5 Å². The molecule has 8 heteroatoms. The van der Waals surface area contributed by atoms with Crippen LogP contribution in [-0.4, -0.2) is 58.3 Å². The molecule has 1 unspecified atom stereocenters. The Morgan fingerprint density at radius 1 is 1.18 bits per heavy atom. The van der Waals surface area contributed by atoms with Gasteiger partial charge in [0.05, 0.1) is 26.8 Å². The number of rotatable bonds is 9. The highest BCUT2D eigenvalue weighted by molar-refractivity contribution is 5.87. The van der Waals surface area contributed by atoms with E-state index in [1.54, 1.807) is 14.2 Å². The Labute approximate surface area is 166 Å². The Kier molecular flexibility index (Phi) is 7.92. The zero-order valence-corrected chi connectivity index (χ0v) is 17.2. The molecular formula is C20H32N4O4. The van der Waals surface area contributed by atoms with Crippen molar-refractivity contribution in [3.63, 3.8) is 0 Å². The zero-order chi connectivity index (χ0) is 20.7. The van der Waals surface area contributed by atoms with Gasteiger partial charge in [-0.3, -0.25) is 9.59 Å². The summed E-state index contributed by atoms with van der Waals surface area (Å²) in [7, 11) is 3.27. The summed E-state index contributed by atoms with van der Waals surface area (Å²) in [5, 5.41) is 5.48. The monoisotopic (exact) mass is 392 g/mol. The van der Waals surface area contributed by atoms with Gasteiger partial charge in [0.1, 0.15) is 11.5 Å². The number of hydrogen-bond acceptors (Lipinski definition) is 6. The molecule has 1 aromatic carbocycles. The molecule has 1 saturated heterocycles. The average Bonchev–Trinajstić information content (AvgIpc) is 3.18. The van der Waals surface area contributed by atoms with Gasteiger partial charge in [-0.25, -0.2) is 0 Å². The molecule has 0 spiro atoms. The van der Waals surface area contributed by atoms with Crippen molar-refractivity contribution >= 4 is 17.5 Å². The van der Waals surface area contributed by atoms with Crippen LogP contribution in [0.25, 0.3) is 0 Å². The summed E-state index contributed by atoms with van der Waals surface area (Å²) in [5.74, 6) is 1.37. The van der Waals surface area contributed by atoms with Gasteiger partial charge in [0.2, 0.25) is 11.8 Å². The zero-order valence-electron chi connectivity index (χ0n) is 17.2. The molecule has 2 atom stereocenters. The van der Waals surface area contributed by atoms with Crippen LogP contribution in [0.2, 0.25) is 0 Å². The van der Waals surface area contributed by atoms with Crippen molar-refractivity contribution < 1.29 is 19.1 Å². The lowest BCUT2D eigenvalue weighted by Crippen LogP contribution is -2.47. The van der Waals surface area contributed by atoms with Gasteiger partial charge in [0.25, 0.3) is 0 Å². The van der Waals surface area contributed by atoms with Crippen LogP contribution in [0.4, 0.5) is 5.69 Å². The summed E-state index contributed by atoms with van der Waals surface area (Å²) in [4.78, 5) is 26.1. The molecule has 1 heterocycles. The number of methoxy groups -OCH3 is 2. The van der Waals surface area contributed by atoms with E-state index >= 15 is 0 Å². The van der Waals surface area contributed by atoms with Crippen LogP contribution in [0, 0.1) is 11.8 Å². The number of benzene rings is 1. The van der Waals surface area contributed by atoms with Gasteiger partial charge in [-0.1, -0.05) is 13.8 Å².